The molecule has 168 valence electrons. The maximum absolute atomic E-state index is 12.2. The molecule has 1 N–H and O–H groups in total. The molecule has 0 atom stereocenters. The summed E-state index contributed by atoms with van der Waals surface area (Å²) in [7, 11) is 1.58. The van der Waals surface area contributed by atoms with Crippen LogP contribution in [0.5, 0.6) is 11.5 Å². The summed E-state index contributed by atoms with van der Waals surface area (Å²) in [5.41, 5.74) is 5.14. The predicted molar refractivity (Wildman–Crippen MR) is 135 cm³/mol. The Balaban J connectivity index is 1.36. The minimum Gasteiger partial charge on any atom is -0.493 e. The molecule has 33 heavy (non-hydrogen) atoms. The van der Waals surface area contributed by atoms with Gasteiger partial charge in [-0.05, 0) is 42.0 Å². The lowest BCUT2D eigenvalue weighted by Crippen LogP contribution is -2.19. The summed E-state index contributed by atoms with van der Waals surface area (Å²) in [4.78, 5) is 16.8. The summed E-state index contributed by atoms with van der Waals surface area (Å²) in [6.45, 7) is 0.337. The van der Waals surface area contributed by atoms with Crippen LogP contribution < -0.4 is 14.9 Å². The van der Waals surface area contributed by atoms with Crippen molar-refractivity contribution >= 4 is 57.0 Å². The van der Waals surface area contributed by atoms with Crippen molar-refractivity contribution in [2.24, 2.45) is 5.10 Å². The number of hydrogen-bond donors (Lipinski definition) is 1. The van der Waals surface area contributed by atoms with Gasteiger partial charge in [0, 0.05) is 10.6 Å². The molecule has 1 aromatic heterocycles. The van der Waals surface area contributed by atoms with Crippen molar-refractivity contribution in [3.8, 4) is 11.5 Å². The molecular formula is C24H20ClN3O3S2. The molecule has 0 aliphatic rings. The summed E-state index contributed by atoms with van der Waals surface area (Å²) in [6, 6.07) is 20.8. The van der Waals surface area contributed by atoms with Crippen molar-refractivity contribution in [1.82, 2.24) is 10.4 Å². The molecule has 0 bridgehead atoms. The molecule has 1 amide bonds. The second-order valence-electron chi connectivity index (χ2n) is 6.82. The average Bonchev–Trinajstić information content (AvgIpc) is 3.26. The van der Waals surface area contributed by atoms with Crippen LogP contribution in [0.1, 0.15) is 11.1 Å². The van der Waals surface area contributed by atoms with E-state index in [4.69, 9.17) is 21.1 Å². The summed E-state index contributed by atoms with van der Waals surface area (Å²) < 4.78 is 13.4. The number of hydrazone groups is 1. The predicted octanol–water partition coefficient (Wildman–Crippen LogP) is 5.78. The third kappa shape index (κ3) is 6.25. The highest BCUT2D eigenvalue weighted by atomic mass is 35.5. The zero-order valence-corrected chi connectivity index (χ0v) is 20.0. The molecule has 3 aromatic carbocycles. The number of nitrogens with one attached hydrogen (secondary N) is 1. The molecule has 0 saturated heterocycles. The second kappa shape index (κ2) is 11.2. The number of benzene rings is 3. The van der Waals surface area contributed by atoms with E-state index < -0.39 is 0 Å². The Labute approximate surface area is 204 Å². The molecule has 6 nitrogen and oxygen atoms in total. The van der Waals surface area contributed by atoms with Gasteiger partial charge in [-0.25, -0.2) is 10.4 Å². The number of ether oxygens (including phenoxy) is 2. The van der Waals surface area contributed by atoms with Crippen LogP contribution >= 0.6 is 34.7 Å². The van der Waals surface area contributed by atoms with E-state index in [1.807, 2.05) is 66.7 Å². The Morgan fingerprint density at radius 3 is 2.76 bits per heavy atom. The molecule has 0 saturated carbocycles. The van der Waals surface area contributed by atoms with Crippen molar-refractivity contribution < 1.29 is 14.3 Å². The van der Waals surface area contributed by atoms with Crippen LogP contribution in [0.4, 0.5) is 0 Å². The lowest BCUT2D eigenvalue weighted by atomic mass is 10.2. The molecule has 4 rings (SSSR count). The summed E-state index contributed by atoms with van der Waals surface area (Å²) >= 11 is 8.89. The fourth-order valence-electron chi connectivity index (χ4n) is 2.93. The second-order valence-corrected chi connectivity index (χ2v) is 9.51. The fraction of sp³-hybridized carbons (Fsp3) is 0.125. The molecule has 0 aliphatic heterocycles. The summed E-state index contributed by atoms with van der Waals surface area (Å²) in [6.07, 6.45) is 1.54. The smallest absolute Gasteiger partial charge is 0.250 e. The Hall–Kier alpha value is -3.07. The first-order valence-corrected chi connectivity index (χ1v) is 12.1. The van der Waals surface area contributed by atoms with Crippen LogP contribution in [0.3, 0.4) is 0 Å². The van der Waals surface area contributed by atoms with Gasteiger partial charge in [0.15, 0.2) is 15.8 Å². The van der Waals surface area contributed by atoms with E-state index in [2.05, 4.69) is 15.5 Å². The lowest BCUT2D eigenvalue weighted by Gasteiger charge is -2.13. The van der Waals surface area contributed by atoms with Gasteiger partial charge in [0.05, 0.1) is 29.3 Å². The quantitative estimate of drug-likeness (QED) is 0.180. The summed E-state index contributed by atoms with van der Waals surface area (Å²) in [5, 5.41) is 4.76. The summed E-state index contributed by atoms with van der Waals surface area (Å²) in [5.74, 6) is 1.11. The third-order valence-corrected chi connectivity index (χ3v) is 6.95. The van der Waals surface area contributed by atoms with Gasteiger partial charge in [-0.15, -0.1) is 11.3 Å². The van der Waals surface area contributed by atoms with E-state index in [1.165, 1.54) is 11.8 Å². The number of thioether (sulfide) groups is 1. The number of rotatable bonds is 9. The van der Waals surface area contributed by atoms with E-state index in [0.29, 0.717) is 28.7 Å². The minimum absolute atomic E-state index is 0.217. The third-order valence-electron chi connectivity index (χ3n) is 4.52. The molecule has 0 spiro atoms. The number of hydrogen-bond acceptors (Lipinski definition) is 7. The zero-order chi connectivity index (χ0) is 23.0. The molecule has 0 aliphatic carbocycles. The van der Waals surface area contributed by atoms with Crippen LogP contribution in [-0.4, -0.2) is 30.0 Å². The van der Waals surface area contributed by atoms with E-state index in [0.717, 1.165) is 20.1 Å². The zero-order valence-electron chi connectivity index (χ0n) is 17.7. The molecule has 1 heterocycles. The lowest BCUT2D eigenvalue weighted by molar-refractivity contribution is -0.118. The first kappa shape index (κ1) is 23.1. The monoisotopic (exact) mass is 497 g/mol. The largest absolute Gasteiger partial charge is 0.493 e. The highest BCUT2D eigenvalue weighted by Gasteiger charge is 2.11. The normalized spacial score (nSPS) is 11.1. The van der Waals surface area contributed by atoms with Crippen molar-refractivity contribution in [2.45, 2.75) is 10.9 Å². The number of carbonyl (C=O) groups is 1. The molecular weight excluding hydrogens is 478 g/mol. The highest BCUT2D eigenvalue weighted by molar-refractivity contribution is 8.01. The van der Waals surface area contributed by atoms with E-state index >= 15 is 0 Å². The van der Waals surface area contributed by atoms with Gasteiger partial charge < -0.3 is 9.47 Å². The van der Waals surface area contributed by atoms with Crippen LogP contribution in [-0.2, 0) is 11.4 Å². The fourth-order valence-corrected chi connectivity index (χ4v) is 4.92. The molecule has 9 heteroatoms. The Kier molecular flexibility index (Phi) is 7.83. The Morgan fingerprint density at radius 2 is 1.97 bits per heavy atom. The van der Waals surface area contributed by atoms with E-state index in [9.17, 15) is 4.79 Å². The molecule has 0 fully saturated rings. The molecule has 0 radical (unpaired) electrons. The SMILES string of the molecule is COc1cccc(/C=N/NC(=O)CSc2nc3ccccc3s2)c1OCc1ccc(Cl)cc1. The number of halogens is 1. The van der Waals surface area contributed by atoms with Gasteiger partial charge in [-0.1, -0.05) is 53.7 Å². The van der Waals surface area contributed by atoms with Crippen LogP contribution in [0.2, 0.25) is 5.02 Å². The minimum atomic E-state index is -0.220. The Bertz CT molecular complexity index is 1240. The van der Waals surface area contributed by atoms with Gasteiger partial charge in [-0.2, -0.15) is 5.10 Å². The highest BCUT2D eigenvalue weighted by Crippen LogP contribution is 2.31. The van der Waals surface area contributed by atoms with Gasteiger partial charge in [0.2, 0.25) is 0 Å². The Morgan fingerprint density at radius 1 is 1.15 bits per heavy atom. The molecule has 4 aromatic rings. The number of aromatic nitrogens is 1. The number of fused-ring (bicyclic) bond motifs is 1. The van der Waals surface area contributed by atoms with Crippen molar-refractivity contribution in [3.63, 3.8) is 0 Å². The molecule has 0 unspecified atom stereocenters. The topological polar surface area (TPSA) is 72.8 Å². The maximum Gasteiger partial charge on any atom is 0.250 e. The van der Waals surface area contributed by atoms with Crippen molar-refractivity contribution in [2.75, 3.05) is 12.9 Å². The number of methoxy groups -OCH3 is 1. The number of thiazole rings is 1. The van der Waals surface area contributed by atoms with Crippen molar-refractivity contribution in [1.29, 1.82) is 0 Å². The van der Waals surface area contributed by atoms with Gasteiger partial charge in [-0.3, -0.25) is 4.79 Å². The first-order valence-electron chi connectivity index (χ1n) is 9.97. The first-order chi connectivity index (χ1) is 16.1. The van der Waals surface area contributed by atoms with E-state index in [-0.39, 0.29) is 11.7 Å². The number of para-hydroxylation sites is 2. The maximum atomic E-state index is 12.2. The standard InChI is InChI=1S/C24H20ClN3O3S2/c1-30-20-7-4-5-17(23(20)31-14-16-9-11-18(25)12-10-16)13-26-28-22(29)15-32-24-27-19-6-2-3-8-21(19)33-24/h2-13H,14-15H2,1H3,(H,28,29)/b26-13+. The number of nitrogens with zero attached hydrogens (tertiary/aromatic N) is 2. The van der Waals surface area contributed by atoms with Gasteiger partial charge in [0.1, 0.15) is 6.61 Å². The van der Waals surface area contributed by atoms with E-state index in [1.54, 1.807) is 24.7 Å². The average molecular weight is 498 g/mol. The number of carbonyl (C=O) groups excluding carboxylic acids is 1. The van der Waals surface area contributed by atoms with Gasteiger partial charge in [0.25, 0.3) is 5.91 Å². The number of amides is 1. The van der Waals surface area contributed by atoms with Crippen LogP contribution in [0.15, 0.2) is 76.2 Å². The van der Waals surface area contributed by atoms with Crippen LogP contribution in [0.25, 0.3) is 10.2 Å². The van der Waals surface area contributed by atoms with Gasteiger partial charge >= 0.3 is 0 Å². The van der Waals surface area contributed by atoms with Crippen LogP contribution in [0, 0.1) is 0 Å². The van der Waals surface area contributed by atoms with Crippen molar-refractivity contribution in [3.05, 3.63) is 82.9 Å².